The molecule has 0 fully saturated rings. The first-order valence-electron chi connectivity index (χ1n) is 12.9. The maximum atomic E-state index is 6.41. The zero-order valence-electron chi connectivity index (χ0n) is 20.8. The molecule has 0 spiro atoms. The van der Waals surface area contributed by atoms with Gasteiger partial charge in [-0.15, -0.1) is 0 Å². The summed E-state index contributed by atoms with van der Waals surface area (Å²) < 4.78 is 6.41. The highest BCUT2D eigenvalue weighted by Gasteiger charge is 2.15. The number of rotatable bonds is 5. The van der Waals surface area contributed by atoms with E-state index in [2.05, 4.69) is 127 Å². The molecule has 0 atom stereocenters. The zero-order chi connectivity index (χ0) is 25.3. The van der Waals surface area contributed by atoms with Gasteiger partial charge in [-0.3, -0.25) is 0 Å². The van der Waals surface area contributed by atoms with Gasteiger partial charge in [0.15, 0.2) is 0 Å². The third kappa shape index (κ3) is 4.12. The predicted octanol–water partition coefficient (Wildman–Crippen LogP) is 10.3. The number of benzene rings is 6. The van der Waals surface area contributed by atoms with E-state index in [4.69, 9.17) is 4.42 Å². The van der Waals surface area contributed by atoms with Gasteiger partial charge in [-0.1, -0.05) is 115 Å². The number of nitrogens with one attached hydrogen (secondary N) is 1. The summed E-state index contributed by atoms with van der Waals surface area (Å²) in [6.07, 6.45) is 0. The SMILES string of the molecule is c1ccc(-c2ccc(-c3cc(Nc4cccc(-c5ccccc5)c4)cc4c3oc3ccccc34)cc2)cc1. The summed E-state index contributed by atoms with van der Waals surface area (Å²) in [4.78, 5) is 0. The zero-order valence-corrected chi connectivity index (χ0v) is 20.8. The molecule has 0 aliphatic heterocycles. The molecular weight excluding hydrogens is 462 g/mol. The predicted molar refractivity (Wildman–Crippen MR) is 160 cm³/mol. The van der Waals surface area contributed by atoms with E-state index in [-0.39, 0.29) is 0 Å². The summed E-state index contributed by atoms with van der Waals surface area (Å²) in [6.45, 7) is 0. The van der Waals surface area contributed by atoms with E-state index in [0.29, 0.717) is 0 Å². The van der Waals surface area contributed by atoms with Crippen molar-refractivity contribution >= 4 is 33.3 Å². The molecule has 38 heavy (non-hydrogen) atoms. The fourth-order valence-corrected chi connectivity index (χ4v) is 5.16. The van der Waals surface area contributed by atoms with Crippen LogP contribution in [0.5, 0.6) is 0 Å². The second kappa shape index (κ2) is 9.42. The van der Waals surface area contributed by atoms with Crippen LogP contribution in [-0.2, 0) is 0 Å². The van der Waals surface area contributed by atoms with Gasteiger partial charge in [0.1, 0.15) is 11.2 Å². The monoisotopic (exact) mass is 487 g/mol. The third-order valence-corrected chi connectivity index (χ3v) is 7.04. The van der Waals surface area contributed by atoms with Crippen molar-refractivity contribution in [1.82, 2.24) is 0 Å². The molecule has 2 heteroatoms. The van der Waals surface area contributed by atoms with Crippen LogP contribution < -0.4 is 5.32 Å². The second-order valence-electron chi connectivity index (χ2n) is 9.51. The van der Waals surface area contributed by atoms with Crippen molar-refractivity contribution in [2.24, 2.45) is 0 Å². The van der Waals surface area contributed by atoms with Crippen LogP contribution in [-0.4, -0.2) is 0 Å². The van der Waals surface area contributed by atoms with Gasteiger partial charge < -0.3 is 9.73 Å². The summed E-state index contributed by atoms with van der Waals surface area (Å²) in [7, 11) is 0. The van der Waals surface area contributed by atoms with Gasteiger partial charge in [0.25, 0.3) is 0 Å². The first kappa shape index (κ1) is 22.1. The largest absolute Gasteiger partial charge is 0.455 e. The van der Waals surface area contributed by atoms with Crippen molar-refractivity contribution in [1.29, 1.82) is 0 Å². The Kier molecular flexibility index (Phi) is 5.49. The Balaban J connectivity index is 1.33. The van der Waals surface area contributed by atoms with Crippen LogP contribution in [0, 0.1) is 0 Å². The van der Waals surface area contributed by atoms with Crippen molar-refractivity contribution in [3.63, 3.8) is 0 Å². The molecule has 1 heterocycles. The standard InChI is InChI=1S/C36H25NO/c1-3-10-25(11-4-1)27-18-20-28(21-19-27)33-23-31(24-34-32-16-7-8-17-35(32)38-36(33)34)37-30-15-9-14-29(22-30)26-12-5-2-6-13-26/h1-24,37H. The average Bonchev–Trinajstić information content (AvgIpc) is 3.37. The highest BCUT2D eigenvalue weighted by Crippen LogP contribution is 2.39. The molecule has 180 valence electrons. The van der Waals surface area contributed by atoms with Gasteiger partial charge in [0.05, 0.1) is 0 Å². The first-order chi connectivity index (χ1) is 18.8. The minimum atomic E-state index is 0.896. The molecule has 0 saturated heterocycles. The minimum absolute atomic E-state index is 0.896. The maximum Gasteiger partial charge on any atom is 0.143 e. The molecule has 0 unspecified atom stereocenters. The molecule has 0 aliphatic carbocycles. The smallest absolute Gasteiger partial charge is 0.143 e. The van der Waals surface area contributed by atoms with Gasteiger partial charge in [0, 0.05) is 27.7 Å². The fraction of sp³-hybridized carbons (Fsp3) is 0. The molecule has 7 rings (SSSR count). The molecule has 1 aromatic heterocycles. The van der Waals surface area contributed by atoms with E-state index in [1.54, 1.807) is 0 Å². The normalized spacial score (nSPS) is 11.2. The lowest BCUT2D eigenvalue weighted by Crippen LogP contribution is -1.92. The second-order valence-corrected chi connectivity index (χ2v) is 9.51. The van der Waals surface area contributed by atoms with Gasteiger partial charge >= 0.3 is 0 Å². The van der Waals surface area contributed by atoms with Gasteiger partial charge in [0.2, 0.25) is 0 Å². The molecule has 2 nitrogen and oxygen atoms in total. The molecule has 0 aliphatic rings. The van der Waals surface area contributed by atoms with Crippen LogP contribution in [0.4, 0.5) is 11.4 Å². The highest BCUT2D eigenvalue weighted by atomic mass is 16.3. The lowest BCUT2D eigenvalue weighted by molar-refractivity contribution is 0.670. The van der Waals surface area contributed by atoms with Gasteiger partial charge in [-0.05, 0) is 58.1 Å². The van der Waals surface area contributed by atoms with Crippen molar-refractivity contribution in [2.45, 2.75) is 0 Å². The van der Waals surface area contributed by atoms with E-state index in [9.17, 15) is 0 Å². The third-order valence-electron chi connectivity index (χ3n) is 7.04. The minimum Gasteiger partial charge on any atom is -0.455 e. The van der Waals surface area contributed by atoms with E-state index < -0.39 is 0 Å². The number of anilines is 2. The van der Waals surface area contributed by atoms with Gasteiger partial charge in [-0.2, -0.15) is 0 Å². The molecule has 7 aromatic rings. The van der Waals surface area contributed by atoms with Crippen molar-refractivity contribution in [3.05, 3.63) is 146 Å². The molecule has 0 radical (unpaired) electrons. The van der Waals surface area contributed by atoms with Gasteiger partial charge in [-0.25, -0.2) is 0 Å². The molecule has 0 amide bonds. The molecule has 0 bridgehead atoms. The summed E-state index contributed by atoms with van der Waals surface area (Å²) in [5, 5.41) is 5.89. The number of fused-ring (bicyclic) bond motifs is 3. The Morgan fingerprint density at radius 3 is 1.76 bits per heavy atom. The summed E-state index contributed by atoms with van der Waals surface area (Å²) in [6, 6.07) is 50.9. The highest BCUT2D eigenvalue weighted by molar-refractivity contribution is 6.11. The molecule has 6 aromatic carbocycles. The Hall–Kier alpha value is -5.08. The van der Waals surface area contributed by atoms with Crippen molar-refractivity contribution < 1.29 is 4.42 Å². The van der Waals surface area contributed by atoms with Crippen LogP contribution in [0.15, 0.2) is 150 Å². The summed E-state index contributed by atoms with van der Waals surface area (Å²) >= 11 is 0. The van der Waals surface area contributed by atoms with Crippen LogP contribution in [0.2, 0.25) is 0 Å². The lowest BCUT2D eigenvalue weighted by atomic mass is 9.98. The van der Waals surface area contributed by atoms with E-state index in [0.717, 1.165) is 44.4 Å². The van der Waals surface area contributed by atoms with Crippen molar-refractivity contribution in [3.8, 4) is 33.4 Å². The van der Waals surface area contributed by atoms with Crippen LogP contribution in [0.3, 0.4) is 0 Å². The number of hydrogen-bond acceptors (Lipinski definition) is 2. The molecule has 1 N–H and O–H groups in total. The Morgan fingerprint density at radius 1 is 0.395 bits per heavy atom. The van der Waals surface area contributed by atoms with Crippen LogP contribution in [0.1, 0.15) is 0 Å². The summed E-state index contributed by atoms with van der Waals surface area (Å²) in [5.41, 5.74) is 10.9. The topological polar surface area (TPSA) is 25.2 Å². The Labute approximate surface area is 221 Å². The molecule has 0 saturated carbocycles. The average molecular weight is 488 g/mol. The summed E-state index contributed by atoms with van der Waals surface area (Å²) in [5.74, 6) is 0. The van der Waals surface area contributed by atoms with E-state index in [1.807, 2.05) is 24.3 Å². The van der Waals surface area contributed by atoms with Crippen LogP contribution >= 0.6 is 0 Å². The number of hydrogen-bond donors (Lipinski definition) is 1. The van der Waals surface area contributed by atoms with E-state index in [1.165, 1.54) is 22.3 Å². The maximum absolute atomic E-state index is 6.41. The fourth-order valence-electron chi connectivity index (χ4n) is 5.16. The quantitative estimate of drug-likeness (QED) is 0.261. The molecular formula is C36H25NO. The van der Waals surface area contributed by atoms with Crippen molar-refractivity contribution in [2.75, 3.05) is 5.32 Å². The number of para-hydroxylation sites is 1. The van der Waals surface area contributed by atoms with Crippen LogP contribution in [0.25, 0.3) is 55.3 Å². The van der Waals surface area contributed by atoms with E-state index >= 15 is 0 Å². The first-order valence-corrected chi connectivity index (χ1v) is 12.9. The lowest BCUT2D eigenvalue weighted by Gasteiger charge is -2.12. The number of furan rings is 1. The Bertz CT molecular complexity index is 1870. The Morgan fingerprint density at radius 2 is 1.00 bits per heavy atom.